The van der Waals surface area contributed by atoms with Crippen LogP contribution < -0.4 is 5.32 Å². The molecule has 2 N–H and O–H groups in total. The van der Waals surface area contributed by atoms with Crippen LogP contribution in [0.4, 0.5) is 23.8 Å². The van der Waals surface area contributed by atoms with Crippen molar-refractivity contribution in [3.63, 3.8) is 0 Å². The number of fused-ring (bicyclic) bond motifs is 1. The van der Waals surface area contributed by atoms with Crippen LogP contribution in [0, 0.1) is 5.92 Å². The minimum atomic E-state index is -4.68. The number of alkyl halides is 3. The van der Waals surface area contributed by atoms with Crippen LogP contribution in [-0.2, 0) is 16.5 Å². The lowest BCUT2D eigenvalue weighted by molar-refractivity contribution is -0.137. The molecule has 1 fully saturated rings. The molecule has 7 rings (SSSR count). The summed E-state index contributed by atoms with van der Waals surface area (Å²) in [6.45, 7) is 0.350. The van der Waals surface area contributed by atoms with Gasteiger partial charge >= 0.3 is 12.3 Å². The maximum atomic E-state index is 14.3. The molecule has 0 radical (unpaired) electrons. The predicted molar refractivity (Wildman–Crippen MR) is 191 cm³/mol. The fourth-order valence-corrected chi connectivity index (χ4v) is 7.30. The van der Waals surface area contributed by atoms with E-state index in [4.69, 9.17) is 16.7 Å². The van der Waals surface area contributed by atoms with Gasteiger partial charge in [-0.3, -0.25) is 4.79 Å². The zero-order chi connectivity index (χ0) is 35.8. The van der Waals surface area contributed by atoms with Gasteiger partial charge in [0.15, 0.2) is 5.82 Å². The molecule has 0 unspecified atom stereocenters. The first-order valence-electron chi connectivity index (χ1n) is 16.4. The first-order chi connectivity index (χ1) is 24.6. The number of anilines is 1. The Morgan fingerprint density at radius 2 is 1.39 bits per heavy atom. The van der Waals surface area contributed by atoms with Crippen LogP contribution in [0.2, 0.25) is 5.02 Å². The van der Waals surface area contributed by atoms with Crippen molar-refractivity contribution in [3.8, 4) is 11.1 Å². The molecule has 2 heterocycles. The number of halogens is 4. The molecule has 258 valence electrons. The van der Waals surface area contributed by atoms with E-state index in [2.05, 4.69) is 5.32 Å². The van der Waals surface area contributed by atoms with Crippen molar-refractivity contribution in [1.82, 2.24) is 14.7 Å². The number of nitrogens with zero attached hydrogens (tertiary/aromatic N) is 3. The van der Waals surface area contributed by atoms with E-state index in [1.54, 1.807) is 18.2 Å². The van der Waals surface area contributed by atoms with Crippen LogP contribution in [0.3, 0.4) is 0 Å². The lowest BCUT2D eigenvalue weighted by atomic mass is 9.77. The Kier molecular flexibility index (Phi) is 9.03. The molecular weight excluding hydrogens is 677 g/mol. The molecule has 0 bridgehead atoms. The number of carbonyl (C=O) groups is 2. The number of hydrogen-bond donors (Lipinski definition) is 2. The van der Waals surface area contributed by atoms with Crippen molar-refractivity contribution >= 4 is 40.3 Å². The summed E-state index contributed by atoms with van der Waals surface area (Å²) in [5, 5.41) is 18.0. The summed E-state index contributed by atoms with van der Waals surface area (Å²) in [5.74, 6) is -0.933. The number of amides is 2. The molecule has 1 aliphatic heterocycles. The molecule has 1 aliphatic rings. The van der Waals surface area contributed by atoms with Crippen molar-refractivity contribution < 1.29 is 27.9 Å². The van der Waals surface area contributed by atoms with Gasteiger partial charge in [-0.2, -0.15) is 18.3 Å². The maximum absolute atomic E-state index is 14.3. The third-order valence-electron chi connectivity index (χ3n) is 9.47. The third kappa shape index (κ3) is 6.31. The molecule has 6 aromatic rings. The van der Waals surface area contributed by atoms with E-state index in [0.29, 0.717) is 30.3 Å². The van der Waals surface area contributed by atoms with E-state index in [1.165, 1.54) is 17.0 Å². The zero-order valence-corrected chi connectivity index (χ0v) is 27.9. The number of carboxylic acid groups (broad SMARTS) is 1. The Labute approximate surface area is 296 Å². The second kappa shape index (κ2) is 13.6. The number of rotatable bonds is 7. The SMILES string of the molecule is O=C(Nc1nn(C(c2ccccc2)(c2ccccc2)c2ccccc2)c2ccc(-c3ccc(Cl)cc3C(F)(F)F)cc12)[C@@H]1CCCN(C(=O)O)C1. The second-order valence-corrected chi connectivity index (χ2v) is 13.0. The van der Waals surface area contributed by atoms with Crippen molar-refractivity contribution in [2.45, 2.75) is 24.6 Å². The van der Waals surface area contributed by atoms with E-state index in [9.17, 15) is 27.9 Å². The molecule has 0 spiro atoms. The van der Waals surface area contributed by atoms with E-state index in [0.717, 1.165) is 22.8 Å². The average molecular weight is 709 g/mol. The van der Waals surface area contributed by atoms with Crippen molar-refractivity contribution in [3.05, 3.63) is 155 Å². The largest absolute Gasteiger partial charge is 0.465 e. The molecule has 0 aliphatic carbocycles. The lowest BCUT2D eigenvalue weighted by Crippen LogP contribution is -2.43. The Balaban J connectivity index is 1.50. The van der Waals surface area contributed by atoms with Gasteiger partial charge < -0.3 is 15.3 Å². The predicted octanol–water partition coefficient (Wildman–Crippen LogP) is 9.54. The van der Waals surface area contributed by atoms with Crippen molar-refractivity contribution in [1.29, 1.82) is 0 Å². The van der Waals surface area contributed by atoms with E-state index >= 15 is 0 Å². The fraction of sp³-hybridized carbons (Fsp3) is 0.175. The number of carbonyl (C=O) groups excluding carboxylic acids is 1. The summed E-state index contributed by atoms with van der Waals surface area (Å²) >= 11 is 6.02. The summed E-state index contributed by atoms with van der Waals surface area (Å²) in [7, 11) is 0. The van der Waals surface area contributed by atoms with E-state index < -0.39 is 35.2 Å². The van der Waals surface area contributed by atoms with Gasteiger partial charge in [0, 0.05) is 23.5 Å². The van der Waals surface area contributed by atoms with Gasteiger partial charge in [0.2, 0.25) is 5.91 Å². The highest BCUT2D eigenvalue weighted by Crippen LogP contribution is 2.45. The van der Waals surface area contributed by atoms with Gasteiger partial charge in [0.05, 0.1) is 17.0 Å². The van der Waals surface area contributed by atoms with Crippen LogP contribution in [-0.4, -0.2) is 44.9 Å². The molecule has 11 heteroatoms. The van der Waals surface area contributed by atoms with Crippen molar-refractivity contribution in [2.24, 2.45) is 5.92 Å². The number of likely N-dealkylation sites (tertiary alicyclic amines) is 1. The van der Waals surface area contributed by atoms with Crippen LogP contribution in [0.1, 0.15) is 35.1 Å². The molecule has 1 saturated heterocycles. The van der Waals surface area contributed by atoms with Gasteiger partial charge in [-0.1, -0.05) is 115 Å². The third-order valence-corrected chi connectivity index (χ3v) is 9.71. The molecular formula is C40H32ClF3N4O3. The number of nitrogens with one attached hydrogen (secondary N) is 1. The van der Waals surface area contributed by atoms with Gasteiger partial charge in [0.1, 0.15) is 5.54 Å². The lowest BCUT2D eigenvalue weighted by Gasteiger charge is -2.37. The van der Waals surface area contributed by atoms with Gasteiger partial charge in [-0.25, -0.2) is 9.48 Å². The average Bonchev–Trinajstić information content (AvgIpc) is 3.50. The number of benzene rings is 5. The fourth-order valence-electron chi connectivity index (χ4n) is 7.12. The highest BCUT2D eigenvalue weighted by atomic mass is 35.5. The first-order valence-corrected chi connectivity index (χ1v) is 16.8. The topological polar surface area (TPSA) is 87.5 Å². The Bertz CT molecular complexity index is 2110. The molecule has 1 atom stereocenters. The first kappa shape index (κ1) is 33.9. The smallest absolute Gasteiger partial charge is 0.417 e. The number of hydrogen-bond acceptors (Lipinski definition) is 3. The van der Waals surface area contributed by atoms with Crippen LogP contribution in [0.5, 0.6) is 0 Å². The minimum Gasteiger partial charge on any atom is -0.465 e. The quantitative estimate of drug-likeness (QED) is 0.162. The summed E-state index contributed by atoms with van der Waals surface area (Å²) in [4.78, 5) is 26.9. The zero-order valence-electron chi connectivity index (χ0n) is 27.1. The minimum absolute atomic E-state index is 0.0206. The molecule has 1 aromatic heterocycles. The van der Waals surface area contributed by atoms with Crippen LogP contribution in [0.15, 0.2) is 127 Å². The highest BCUT2D eigenvalue weighted by molar-refractivity contribution is 6.30. The normalized spacial score (nSPS) is 15.1. The Morgan fingerprint density at radius 1 is 0.804 bits per heavy atom. The standard InChI is InChI=1S/C40H32ClF3N4O3/c41-31-19-20-32(34(24-31)40(42,43)44)26-18-21-35-33(23-26)36(45-37(49)27-11-10-22-47(25-27)38(50)51)46-48(35)39(28-12-4-1-5-13-28,29-14-6-2-7-15-29)30-16-8-3-9-17-30/h1-9,12-21,23-24,27H,10-11,22,25H2,(H,50,51)(H,45,46,49)/t27-/m1/s1. The summed E-state index contributed by atoms with van der Waals surface area (Å²) in [5.41, 5.74) is 1.29. The molecule has 51 heavy (non-hydrogen) atoms. The molecule has 7 nitrogen and oxygen atoms in total. The molecule has 0 saturated carbocycles. The summed E-state index contributed by atoms with van der Waals surface area (Å²) in [6, 6.07) is 37.8. The monoisotopic (exact) mass is 708 g/mol. The van der Waals surface area contributed by atoms with Gasteiger partial charge in [-0.15, -0.1) is 0 Å². The van der Waals surface area contributed by atoms with Crippen molar-refractivity contribution in [2.75, 3.05) is 18.4 Å². The number of aromatic nitrogens is 2. The summed E-state index contributed by atoms with van der Waals surface area (Å²) in [6.07, 6.45) is -4.80. The van der Waals surface area contributed by atoms with Crippen LogP contribution >= 0.6 is 11.6 Å². The Morgan fingerprint density at radius 3 is 1.94 bits per heavy atom. The highest BCUT2D eigenvalue weighted by Gasteiger charge is 2.42. The van der Waals surface area contributed by atoms with Gasteiger partial charge in [-0.05, 0) is 64.9 Å². The molecule has 5 aromatic carbocycles. The number of piperidine rings is 1. The second-order valence-electron chi connectivity index (χ2n) is 12.5. The maximum Gasteiger partial charge on any atom is 0.417 e. The van der Waals surface area contributed by atoms with E-state index in [1.807, 2.05) is 95.7 Å². The summed E-state index contributed by atoms with van der Waals surface area (Å²) < 4.78 is 44.8. The van der Waals surface area contributed by atoms with Crippen LogP contribution in [0.25, 0.3) is 22.0 Å². The molecule has 2 amide bonds. The van der Waals surface area contributed by atoms with E-state index in [-0.39, 0.29) is 28.5 Å². The van der Waals surface area contributed by atoms with Gasteiger partial charge in [0.25, 0.3) is 0 Å². The Hall–Kier alpha value is -5.61.